The molecule has 0 bridgehead atoms. The van der Waals surface area contributed by atoms with Crippen molar-refractivity contribution in [3.63, 3.8) is 0 Å². The van der Waals surface area contributed by atoms with Crippen LogP contribution in [0.1, 0.15) is 34.4 Å². The summed E-state index contributed by atoms with van der Waals surface area (Å²) in [5, 5.41) is 8.73. The maximum atomic E-state index is 12.5. The normalized spacial score (nSPS) is 11.0. The standard InChI is InChI=1S/C14H20IN5O/c1-6-20-10(3)11(9(2)16-20)7-18(4)14(21)13-12(15)8-19(5)17-13/h8H,6-7H2,1-5H3. The number of rotatable bonds is 4. The Bertz CT molecular complexity index is 673. The van der Waals surface area contributed by atoms with Crippen molar-refractivity contribution in [1.29, 1.82) is 0 Å². The van der Waals surface area contributed by atoms with Gasteiger partial charge in [0.15, 0.2) is 5.69 Å². The monoisotopic (exact) mass is 401 g/mol. The van der Waals surface area contributed by atoms with Crippen molar-refractivity contribution in [2.45, 2.75) is 33.9 Å². The number of carbonyl (C=O) groups excluding carboxylic acids is 1. The van der Waals surface area contributed by atoms with Crippen LogP contribution in [-0.4, -0.2) is 37.4 Å². The first-order chi connectivity index (χ1) is 9.85. The lowest BCUT2D eigenvalue weighted by molar-refractivity contribution is 0.0777. The first-order valence-corrected chi connectivity index (χ1v) is 7.90. The molecule has 1 amide bonds. The van der Waals surface area contributed by atoms with Crippen LogP contribution in [0, 0.1) is 17.4 Å². The molecule has 2 aromatic heterocycles. The zero-order valence-electron chi connectivity index (χ0n) is 13.0. The minimum Gasteiger partial charge on any atom is -0.336 e. The highest BCUT2D eigenvalue weighted by Crippen LogP contribution is 2.17. The van der Waals surface area contributed by atoms with Gasteiger partial charge in [0, 0.05) is 44.6 Å². The fourth-order valence-corrected chi connectivity index (χ4v) is 3.11. The second kappa shape index (κ2) is 6.17. The Kier molecular flexibility index (Phi) is 4.70. The van der Waals surface area contributed by atoms with E-state index in [1.165, 1.54) is 0 Å². The van der Waals surface area contributed by atoms with Gasteiger partial charge in [0.05, 0.1) is 9.26 Å². The van der Waals surface area contributed by atoms with Crippen molar-refractivity contribution in [2.24, 2.45) is 7.05 Å². The summed E-state index contributed by atoms with van der Waals surface area (Å²) in [5.74, 6) is -0.0666. The Morgan fingerprint density at radius 1 is 1.38 bits per heavy atom. The van der Waals surface area contributed by atoms with Gasteiger partial charge < -0.3 is 4.90 Å². The third-order valence-corrected chi connectivity index (χ3v) is 4.35. The van der Waals surface area contributed by atoms with E-state index in [9.17, 15) is 4.79 Å². The van der Waals surface area contributed by atoms with Crippen molar-refractivity contribution in [1.82, 2.24) is 24.5 Å². The van der Waals surface area contributed by atoms with E-state index in [1.54, 1.807) is 16.6 Å². The molecule has 2 aromatic rings. The molecule has 0 aromatic carbocycles. The Morgan fingerprint density at radius 3 is 2.52 bits per heavy atom. The third kappa shape index (κ3) is 3.12. The van der Waals surface area contributed by atoms with Gasteiger partial charge in [-0.3, -0.25) is 14.2 Å². The van der Waals surface area contributed by atoms with Gasteiger partial charge in [-0.05, 0) is 43.4 Å². The Morgan fingerprint density at radius 2 is 2.05 bits per heavy atom. The summed E-state index contributed by atoms with van der Waals surface area (Å²) < 4.78 is 4.49. The van der Waals surface area contributed by atoms with Gasteiger partial charge in [-0.25, -0.2) is 0 Å². The minimum atomic E-state index is -0.0666. The number of carbonyl (C=O) groups is 1. The lowest BCUT2D eigenvalue weighted by Gasteiger charge is -2.16. The van der Waals surface area contributed by atoms with Crippen LogP contribution in [0.3, 0.4) is 0 Å². The van der Waals surface area contributed by atoms with Crippen LogP contribution in [0.5, 0.6) is 0 Å². The number of aryl methyl sites for hydroxylation is 3. The predicted octanol–water partition coefficient (Wildman–Crippen LogP) is 2.13. The highest BCUT2D eigenvalue weighted by Gasteiger charge is 2.21. The number of hydrogen-bond donors (Lipinski definition) is 0. The average molecular weight is 401 g/mol. The van der Waals surface area contributed by atoms with Gasteiger partial charge in [-0.15, -0.1) is 0 Å². The fraction of sp³-hybridized carbons (Fsp3) is 0.500. The summed E-state index contributed by atoms with van der Waals surface area (Å²) in [7, 11) is 3.62. The zero-order valence-corrected chi connectivity index (χ0v) is 15.2. The highest BCUT2D eigenvalue weighted by atomic mass is 127. The number of aromatic nitrogens is 4. The molecule has 2 heterocycles. The van der Waals surface area contributed by atoms with E-state index in [0.717, 1.165) is 27.1 Å². The molecule has 0 saturated heterocycles. The SMILES string of the molecule is CCn1nc(C)c(CN(C)C(=O)c2nn(C)cc2I)c1C. The van der Waals surface area contributed by atoms with E-state index in [4.69, 9.17) is 0 Å². The summed E-state index contributed by atoms with van der Waals surface area (Å²) in [6.45, 7) is 7.47. The molecular formula is C14H20IN5O. The fourth-order valence-electron chi connectivity index (χ4n) is 2.36. The summed E-state index contributed by atoms with van der Waals surface area (Å²) >= 11 is 2.14. The van der Waals surface area contributed by atoms with E-state index < -0.39 is 0 Å². The van der Waals surface area contributed by atoms with E-state index in [2.05, 4.69) is 39.7 Å². The van der Waals surface area contributed by atoms with E-state index in [-0.39, 0.29) is 5.91 Å². The van der Waals surface area contributed by atoms with Crippen LogP contribution >= 0.6 is 22.6 Å². The Labute approximate surface area is 138 Å². The lowest BCUT2D eigenvalue weighted by atomic mass is 10.2. The lowest BCUT2D eigenvalue weighted by Crippen LogP contribution is -2.27. The molecule has 0 aliphatic carbocycles. The predicted molar refractivity (Wildman–Crippen MR) is 89.1 cm³/mol. The van der Waals surface area contributed by atoms with E-state index in [1.807, 2.05) is 31.8 Å². The molecule has 114 valence electrons. The molecule has 0 spiro atoms. The summed E-state index contributed by atoms with van der Waals surface area (Å²) in [4.78, 5) is 14.2. The van der Waals surface area contributed by atoms with Gasteiger partial charge in [0.2, 0.25) is 0 Å². The van der Waals surface area contributed by atoms with Crippen LogP contribution in [0.4, 0.5) is 0 Å². The summed E-state index contributed by atoms with van der Waals surface area (Å²) in [6, 6.07) is 0. The molecule has 0 radical (unpaired) electrons. The van der Waals surface area contributed by atoms with Crippen molar-refractivity contribution in [2.75, 3.05) is 7.05 Å². The molecule has 0 saturated carbocycles. The molecule has 6 nitrogen and oxygen atoms in total. The smallest absolute Gasteiger partial charge is 0.275 e. The molecule has 0 atom stereocenters. The third-order valence-electron chi connectivity index (χ3n) is 3.56. The molecule has 0 fully saturated rings. The minimum absolute atomic E-state index is 0.0666. The van der Waals surface area contributed by atoms with E-state index >= 15 is 0 Å². The maximum absolute atomic E-state index is 12.5. The quantitative estimate of drug-likeness (QED) is 0.738. The van der Waals surface area contributed by atoms with Gasteiger partial charge in [-0.1, -0.05) is 0 Å². The zero-order chi connectivity index (χ0) is 15.7. The molecule has 21 heavy (non-hydrogen) atoms. The van der Waals surface area contributed by atoms with Crippen LogP contribution < -0.4 is 0 Å². The molecule has 2 rings (SSSR count). The number of nitrogens with zero attached hydrogens (tertiary/aromatic N) is 5. The number of halogens is 1. The molecule has 0 unspecified atom stereocenters. The van der Waals surface area contributed by atoms with E-state index in [0.29, 0.717) is 12.2 Å². The van der Waals surface area contributed by atoms with Crippen molar-refractivity contribution in [3.8, 4) is 0 Å². The van der Waals surface area contributed by atoms with Crippen molar-refractivity contribution < 1.29 is 4.79 Å². The summed E-state index contributed by atoms with van der Waals surface area (Å²) in [5.41, 5.74) is 3.70. The Hall–Kier alpha value is -1.38. The number of amides is 1. The van der Waals surface area contributed by atoms with Crippen LogP contribution in [-0.2, 0) is 20.1 Å². The van der Waals surface area contributed by atoms with Crippen LogP contribution in [0.25, 0.3) is 0 Å². The molecule has 0 aliphatic rings. The molecule has 0 aliphatic heterocycles. The first-order valence-electron chi connectivity index (χ1n) is 6.82. The van der Waals surface area contributed by atoms with Gasteiger partial charge in [0.1, 0.15) is 0 Å². The van der Waals surface area contributed by atoms with Crippen molar-refractivity contribution in [3.05, 3.63) is 32.4 Å². The van der Waals surface area contributed by atoms with Gasteiger partial charge in [0.25, 0.3) is 5.91 Å². The molecule has 0 N–H and O–H groups in total. The highest BCUT2D eigenvalue weighted by molar-refractivity contribution is 14.1. The largest absolute Gasteiger partial charge is 0.336 e. The number of hydrogen-bond acceptors (Lipinski definition) is 3. The van der Waals surface area contributed by atoms with Gasteiger partial charge >= 0.3 is 0 Å². The molecule has 7 heteroatoms. The van der Waals surface area contributed by atoms with Gasteiger partial charge in [-0.2, -0.15) is 10.2 Å². The van der Waals surface area contributed by atoms with Crippen molar-refractivity contribution >= 4 is 28.5 Å². The second-order valence-electron chi connectivity index (χ2n) is 5.13. The average Bonchev–Trinajstić information content (AvgIpc) is 2.90. The van der Waals surface area contributed by atoms with Crippen LogP contribution in [0.2, 0.25) is 0 Å². The summed E-state index contributed by atoms with van der Waals surface area (Å²) in [6.07, 6.45) is 1.84. The second-order valence-corrected chi connectivity index (χ2v) is 6.29. The van der Waals surface area contributed by atoms with Crippen LogP contribution in [0.15, 0.2) is 6.20 Å². The topological polar surface area (TPSA) is 56.0 Å². The molecular weight excluding hydrogens is 381 g/mol. The maximum Gasteiger partial charge on any atom is 0.275 e. The Balaban J connectivity index is 2.22. The first kappa shape index (κ1) is 16.0.